The third-order valence-electron chi connectivity index (χ3n) is 7.55. The van der Waals surface area contributed by atoms with Crippen LogP contribution in [0.4, 0.5) is 5.82 Å². The Balaban J connectivity index is 1.23. The van der Waals surface area contributed by atoms with Gasteiger partial charge < -0.3 is 9.88 Å². The monoisotopic (exact) mass is 444 g/mol. The number of nitrogens with zero attached hydrogens (tertiary/aromatic N) is 3. The second kappa shape index (κ2) is 10.5. The van der Waals surface area contributed by atoms with Gasteiger partial charge in [0.25, 0.3) is 0 Å². The zero-order valence-corrected chi connectivity index (χ0v) is 19.6. The molecule has 0 radical (unpaired) electrons. The number of amides is 1. The number of fused-ring (bicyclic) bond motifs is 1. The van der Waals surface area contributed by atoms with E-state index in [2.05, 4.69) is 45.2 Å². The molecule has 2 aliphatic rings. The summed E-state index contributed by atoms with van der Waals surface area (Å²) in [5, 5.41) is 1.29. The third kappa shape index (κ3) is 5.47. The number of pyridine rings is 1. The molecular formula is C28H36N4O. The summed E-state index contributed by atoms with van der Waals surface area (Å²) in [7, 11) is 0. The van der Waals surface area contributed by atoms with Gasteiger partial charge in [-0.1, -0.05) is 43.5 Å². The lowest BCUT2D eigenvalue weighted by Crippen LogP contribution is -2.43. The van der Waals surface area contributed by atoms with Gasteiger partial charge in [0.05, 0.1) is 0 Å². The summed E-state index contributed by atoms with van der Waals surface area (Å²) in [6.07, 6.45) is 11.1. The summed E-state index contributed by atoms with van der Waals surface area (Å²) in [5.41, 5.74) is 2.56. The predicted molar refractivity (Wildman–Crippen MR) is 134 cm³/mol. The number of aromatic nitrogens is 2. The fourth-order valence-corrected chi connectivity index (χ4v) is 5.70. The van der Waals surface area contributed by atoms with Gasteiger partial charge in [-0.25, -0.2) is 4.98 Å². The van der Waals surface area contributed by atoms with Crippen molar-refractivity contribution in [2.24, 2.45) is 5.92 Å². The van der Waals surface area contributed by atoms with E-state index in [9.17, 15) is 4.79 Å². The van der Waals surface area contributed by atoms with Gasteiger partial charge in [0.15, 0.2) is 0 Å². The molecule has 1 saturated heterocycles. The predicted octanol–water partition coefficient (Wildman–Crippen LogP) is 5.75. The first kappa shape index (κ1) is 22.1. The van der Waals surface area contributed by atoms with E-state index in [0.717, 1.165) is 25.5 Å². The summed E-state index contributed by atoms with van der Waals surface area (Å²) in [5.74, 6) is 2.10. The maximum Gasteiger partial charge on any atom is 0.228 e. The van der Waals surface area contributed by atoms with Crippen LogP contribution in [0.2, 0.25) is 0 Å². The Kier molecular flexibility index (Phi) is 7.06. The van der Waals surface area contributed by atoms with Crippen molar-refractivity contribution in [2.75, 3.05) is 31.1 Å². The lowest BCUT2D eigenvalue weighted by Gasteiger charge is -2.34. The van der Waals surface area contributed by atoms with Crippen LogP contribution in [0.25, 0.3) is 10.9 Å². The van der Waals surface area contributed by atoms with Crippen molar-refractivity contribution in [3.05, 3.63) is 60.4 Å². The number of likely N-dealkylation sites (tertiary alicyclic amines) is 1. The van der Waals surface area contributed by atoms with Crippen LogP contribution in [-0.2, 0) is 4.79 Å². The van der Waals surface area contributed by atoms with Gasteiger partial charge in [0, 0.05) is 49.4 Å². The fraction of sp³-hybridized carbons (Fsp3) is 0.500. The first-order chi connectivity index (χ1) is 16.3. The molecule has 1 N–H and O–H groups in total. The molecule has 1 aliphatic carbocycles. The van der Waals surface area contributed by atoms with Crippen LogP contribution in [0, 0.1) is 5.92 Å². The summed E-state index contributed by atoms with van der Waals surface area (Å²) < 4.78 is 0. The smallest absolute Gasteiger partial charge is 0.228 e. The highest BCUT2D eigenvalue weighted by Gasteiger charge is 2.26. The van der Waals surface area contributed by atoms with Crippen LogP contribution in [0.3, 0.4) is 0 Å². The summed E-state index contributed by atoms with van der Waals surface area (Å²) in [6, 6.07) is 16.7. The van der Waals surface area contributed by atoms with Gasteiger partial charge >= 0.3 is 0 Å². The highest BCUT2D eigenvalue weighted by atomic mass is 16.2. The van der Waals surface area contributed by atoms with E-state index in [1.807, 2.05) is 23.1 Å². The number of aromatic amines is 1. The normalized spacial score (nSPS) is 20.2. The number of carbonyl (C=O) groups excluding carboxylic acids is 1. The SMILES string of the molecule is O=C(CC1CCCCC1)N(CCN1CCCC(c2cc3ccccc3[nH]2)C1)c1ccccn1. The summed E-state index contributed by atoms with van der Waals surface area (Å²) in [4.78, 5) is 26.0. The summed E-state index contributed by atoms with van der Waals surface area (Å²) in [6.45, 7) is 3.75. The second-order valence-electron chi connectivity index (χ2n) is 9.89. The highest BCUT2D eigenvalue weighted by molar-refractivity contribution is 5.92. The lowest BCUT2D eigenvalue weighted by molar-refractivity contribution is -0.119. The number of hydrogen-bond donors (Lipinski definition) is 1. The van der Waals surface area contributed by atoms with Crippen LogP contribution in [0.1, 0.15) is 63.0 Å². The molecule has 3 aromatic rings. The Hall–Kier alpha value is -2.66. The Morgan fingerprint density at radius 3 is 2.70 bits per heavy atom. The van der Waals surface area contributed by atoms with Crippen LogP contribution >= 0.6 is 0 Å². The van der Waals surface area contributed by atoms with E-state index in [0.29, 0.717) is 24.8 Å². The minimum Gasteiger partial charge on any atom is -0.358 e. The molecular weight excluding hydrogens is 408 g/mol. The second-order valence-corrected chi connectivity index (χ2v) is 9.89. The van der Waals surface area contributed by atoms with E-state index in [1.54, 1.807) is 6.20 Å². The van der Waals surface area contributed by atoms with Crippen LogP contribution < -0.4 is 4.90 Å². The number of piperidine rings is 1. The van der Waals surface area contributed by atoms with Crippen LogP contribution in [-0.4, -0.2) is 47.0 Å². The standard InChI is InChI=1S/C28H36N4O/c33-28(19-22-9-2-1-3-10-22)32(27-14-6-7-15-29-27)18-17-31-16-8-12-24(21-31)26-20-23-11-4-5-13-25(23)30-26/h4-7,11,13-15,20,22,24,30H,1-3,8-10,12,16-19,21H2. The number of para-hydroxylation sites is 1. The Labute approximate surface area is 197 Å². The first-order valence-electron chi connectivity index (χ1n) is 12.8. The quantitative estimate of drug-likeness (QED) is 0.505. The van der Waals surface area contributed by atoms with Crippen LogP contribution in [0.15, 0.2) is 54.7 Å². The molecule has 1 aliphatic heterocycles. The molecule has 5 rings (SSSR count). The van der Waals surface area contributed by atoms with Gasteiger partial charge in [0.1, 0.15) is 5.82 Å². The van der Waals surface area contributed by atoms with Gasteiger partial charge in [-0.05, 0) is 67.8 Å². The molecule has 2 fully saturated rings. The number of nitrogens with one attached hydrogen (secondary N) is 1. The van der Waals surface area contributed by atoms with Gasteiger partial charge in [-0.2, -0.15) is 0 Å². The molecule has 1 amide bonds. The van der Waals surface area contributed by atoms with Gasteiger partial charge in [-0.15, -0.1) is 0 Å². The number of hydrogen-bond acceptors (Lipinski definition) is 3. The average Bonchev–Trinajstić information content (AvgIpc) is 3.30. The van der Waals surface area contributed by atoms with Crippen molar-refractivity contribution in [3.63, 3.8) is 0 Å². The minimum atomic E-state index is 0.241. The Morgan fingerprint density at radius 2 is 1.88 bits per heavy atom. The number of benzene rings is 1. The largest absolute Gasteiger partial charge is 0.358 e. The number of H-pyrrole nitrogens is 1. The van der Waals surface area contributed by atoms with E-state index in [1.165, 1.54) is 61.5 Å². The topological polar surface area (TPSA) is 52.2 Å². The van der Waals surface area contributed by atoms with E-state index in [4.69, 9.17) is 0 Å². The molecule has 2 aromatic heterocycles. The molecule has 33 heavy (non-hydrogen) atoms. The maximum atomic E-state index is 13.3. The van der Waals surface area contributed by atoms with Crippen molar-refractivity contribution in [2.45, 2.75) is 57.3 Å². The van der Waals surface area contributed by atoms with Gasteiger partial charge in [-0.3, -0.25) is 9.69 Å². The third-order valence-corrected chi connectivity index (χ3v) is 7.55. The Morgan fingerprint density at radius 1 is 1.03 bits per heavy atom. The number of rotatable bonds is 7. The highest BCUT2D eigenvalue weighted by Crippen LogP contribution is 2.30. The summed E-state index contributed by atoms with van der Waals surface area (Å²) >= 11 is 0. The maximum absolute atomic E-state index is 13.3. The molecule has 1 unspecified atom stereocenters. The molecule has 1 saturated carbocycles. The Bertz CT molecular complexity index is 1010. The fourth-order valence-electron chi connectivity index (χ4n) is 5.70. The molecule has 0 bridgehead atoms. The molecule has 1 atom stereocenters. The minimum absolute atomic E-state index is 0.241. The number of carbonyl (C=O) groups is 1. The zero-order chi connectivity index (χ0) is 22.5. The van der Waals surface area contributed by atoms with E-state index in [-0.39, 0.29) is 5.91 Å². The molecule has 5 heteroatoms. The average molecular weight is 445 g/mol. The van der Waals surface area contributed by atoms with Crippen molar-refractivity contribution in [3.8, 4) is 0 Å². The van der Waals surface area contributed by atoms with Crippen LogP contribution in [0.5, 0.6) is 0 Å². The molecule has 0 spiro atoms. The van der Waals surface area contributed by atoms with Crippen molar-refractivity contribution >= 4 is 22.6 Å². The van der Waals surface area contributed by atoms with Gasteiger partial charge in [0.2, 0.25) is 5.91 Å². The molecule has 1 aromatic carbocycles. The number of anilines is 1. The zero-order valence-electron chi connectivity index (χ0n) is 19.6. The van der Waals surface area contributed by atoms with E-state index < -0.39 is 0 Å². The lowest BCUT2D eigenvalue weighted by atomic mass is 9.86. The molecule has 174 valence electrons. The molecule has 3 heterocycles. The van der Waals surface area contributed by atoms with Crippen molar-refractivity contribution in [1.82, 2.24) is 14.9 Å². The van der Waals surface area contributed by atoms with Crippen molar-refractivity contribution in [1.29, 1.82) is 0 Å². The molecule has 5 nitrogen and oxygen atoms in total. The van der Waals surface area contributed by atoms with Crippen molar-refractivity contribution < 1.29 is 4.79 Å². The van der Waals surface area contributed by atoms with E-state index >= 15 is 0 Å². The first-order valence-corrected chi connectivity index (χ1v) is 12.8.